The van der Waals surface area contributed by atoms with Crippen molar-refractivity contribution in [3.63, 3.8) is 0 Å². The fourth-order valence-corrected chi connectivity index (χ4v) is 1.14. The van der Waals surface area contributed by atoms with E-state index in [1.807, 2.05) is 0 Å². The molecule has 0 aromatic heterocycles. The van der Waals surface area contributed by atoms with E-state index in [-0.39, 0.29) is 13.2 Å². The highest BCUT2D eigenvalue weighted by Crippen LogP contribution is 2.28. The van der Waals surface area contributed by atoms with Gasteiger partial charge in [-0.25, -0.2) is 0 Å². The predicted octanol–water partition coefficient (Wildman–Crippen LogP) is 0.947. The number of hydrogen-bond acceptors (Lipinski definition) is 4. The van der Waals surface area contributed by atoms with Gasteiger partial charge in [0.2, 0.25) is 0 Å². The summed E-state index contributed by atoms with van der Waals surface area (Å²) in [5.41, 5.74) is 0.760. The van der Waals surface area contributed by atoms with Crippen molar-refractivity contribution in [2.24, 2.45) is 0 Å². The number of methoxy groups -OCH3 is 1. The molecule has 0 bridgehead atoms. The van der Waals surface area contributed by atoms with E-state index in [1.54, 1.807) is 25.1 Å². The van der Waals surface area contributed by atoms with E-state index in [0.717, 1.165) is 5.56 Å². The highest BCUT2D eigenvalue weighted by atomic mass is 16.5. The van der Waals surface area contributed by atoms with E-state index >= 15 is 0 Å². The lowest BCUT2D eigenvalue weighted by Gasteiger charge is -2.12. The molecule has 0 amide bonds. The predicted molar refractivity (Wildman–Crippen MR) is 56.1 cm³/mol. The Morgan fingerprint density at radius 1 is 1.33 bits per heavy atom. The summed E-state index contributed by atoms with van der Waals surface area (Å²) in [5.74, 6) is 1.12. The number of aliphatic hydroxyl groups is 2. The molecule has 4 nitrogen and oxygen atoms in total. The van der Waals surface area contributed by atoms with Crippen LogP contribution in [0.3, 0.4) is 0 Å². The highest BCUT2D eigenvalue weighted by molar-refractivity contribution is 5.42. The van der Waals surface area contributed by atoms with Crippen LogP contribution in [0.25, 0.3) is 0 Å². The summed E-state index contributed by atoms with van der Waals surface area (Å²) >= 11 is 0. The summed E-state index contributed by atoms with van der Waals surface area (Å²) < 4.78 is 10.4. The van der Waals surface area contributed by atoms with Gasteiger partial charge in [-0.1, -0.05) is 6.07 Å². The minimum Gasteiger partial charge on any atom is -0.493 e. The third-order valence-electron chi connectivity index (χ3n) is 1.89. The van der Waals surface area contributed by atoms with Crippen LogP contribution in [-0.4, -0.2) is 30.0 Å². The molecule has 84 valence electrons. The van der Waals surface area contributed by atoms with Gasteiger partial charge in [0.15, 0.2) is 11.5 Å². The van der Waals surface area contributed by atoms with Crippen LogP contribution in [-0.2, 0) is 6.61 Å². The van der Waals surface area contributed by atoms with Crippen molar-refractivity contribution in [3.8, 4) is 11.5 Å². The van der Waals surface area contributed by atoms with Gasteiger partial charge >= 0.3 is 0 Å². The Hall–Kier alpha value is -1.26. The molecule has 0 spiro atoms. The number of rotatable bonds is 5. The number of benzene rings is 1. The van der Waals surface area contributed by atoms with E-state index in [4.69, 9.17) is 19.7 Å². The summed E-state index contributed by atoms with van der Waals surface area (Å²) in [5, 5.41) is 18.0. The number of hydrogen-bond donors (Lipinski definition) is 2. The van der Waals surface area contributed by atoms with E-state index in [9.17, 15) is 0 Å². The average Bonchev–Trinajstić information content (AvgIpc) is 2.25. The normalized spacial score (nSPS) is 12.3. The lowest BCUT2D eigenvalue weighted by Crippen LogP contribution is -2.13. The van der Waals surface area contributed by atoms with Gasteiger partial charge in [-0.2, -0.15) is 0 Å². The minimum absolute atomic E-state index is 0.0347. The molecule has 0 aliphatic heterocycles. The molecule has 1 aromatic rings. The Morgan fingerprint density at radius 3 is 2.60 bits per heavy atom. The molecule has 1 atom stereocenters. The summed E-state index contributed by atoms with van der Waals surface area (Å²) in [6.45, 7) is 1.83. The van der Waals surface area contributed by atoms with Crippen LogP contribution in [0, 0.1) is 0 Å². The average molecular weight is 212 g/mol. The van der Waals surface area contributed by atoms with Crippen LogP contribution in [0.15, 0.2) is 18.2 Å². The van der Waals surface area contributed by atoms with Crippen molar-refractivity contribution in [2.75, 3.05) is 13.7 Å². The van der Waals surface area contributed by atoms with Gasteiger partial charge in [0.25, 0.3) is 0 Å². The van der Waals surface area contributed by atoms with Crippen LogP contribution in [0.5, 0.6) is 11.5 Å². The van der Waals surface area contributed by atoms with Crippen molar-refractivity contribution in [2.45, 2.75) is 19.6 Å². The van der Waals surface area contributed by atoms with Crippen LogP contribution >= 0.6 is 0 Å². The van der Waals surface area contributed by atoms with Crippen LogP contribution in [0.4, 0.5) is 0 Å². The summed E-state index contributed by atoms with van der Waals surface area (Å²) in [6, 6.07) is 5.17. The SMILES string of the molecule is COc1cc(CO)ccc1OCC(C)O. The first-order chi connectivity index (χ1) is 7.17. The van der Waals surface area contributed by atoms with Gasteiger partial charge in [0.1, 0.15) is 6.61 Å². The van der Waals surface area contributed by atoms with Crippen LogP contribution in [0.2, 0.25) is 0 Å². The zero-order valence-corrected chi connectivity index (χ0v) is 8.93. The van der Waals surface area contributed by atoms with E-state index in [1.165, 1.54) is 7.11 Å². The third-order valence-corrected chi connectivity index (χ3v) is 1.89. The fourth-order valence-electron chi connectivity index (χ4n) is 1.14. The molecule has 4 heteroatoms. The molecule has 0 saturated heterocycles. The second kappa shape index (κ2) is 5.58. The molecule has 2 N–H and O–H groups in total. The lowest BCUT2D eigenvalue weighted by atomic mass is 10.2. The second-order valence-electron chi connectivity index (χ2n) is 3.30. The quantitative estimate of drug-likeness (QED) is 0.762. The highest BCUT2D eigenvalue weighted by Gasteiger charge is 2.06. The summed E-state index contributed by atoms with van der Waals surface area (Å²) in [6.07, 6.45) is -0.521. The van der Waals surface area contributed by atoms with Gasteiger partial charge in [-0.15, -0.1) is 0 Å². The maximum atomic E-state index is 9.07. The Labute approximate surface area is 89.1 Å². The van der Waals surface area contributed by atoms with Crippen molar-refractivity contribution in [3.05, 3.63) is 23.8 Å². The molecule has 0 aliphatic carbocycles. The molecule has 0 radical (unpaired) electrons. The van der Waals surface area contributed by atoms with Crippen molar-refractivity contribution in [1.82, 2.24) is 0 Å². The molecule has 0 saturated carbocycles. The topological polar surface area (TPSA) is 58.9 Å². The Bertz CT molecular complexity index is 309. The Kier molecular flexibility index (Phi) is 4.39. The maximum Gasteiger partial charge on any atom is 0.161 e. The summed E-state index contributed by atoms with van der Waals surface area (Å²) in [7, 11) is 1.53. The lowest BCUT2D eigenvalue weighted by molar-refractivity contribution is 0.120. The fraction of sp³-hybridized carbons (Fsp3) is 0.455. The molecule has 1 rings (SSSR count). The molecule has 1 aromatic carbocycles. The monoisotopic (exact) mass is 212 g/mol. The van der Waals surface area contributed by atoms with Crippen LogP contribution in [0.1, 0.15) is 12.5 Å². The summed E-state index contributed by atoms with van der Waals surface area (Å²) in [4.78, 5) is 0. The van der Waals surface area contributed by atoms with Gasteiger partial charge in [0, 0.05) is 0 Å². The maximum absolute atomic E-state index is 9.07. The van der Waals surface area contributed by atoms with E-state index < -0.39 is 6.10 Å². The zero-order valence-electron chi connectivity index (χ0n) is 8.93. The van der Waals surface area contributed by atoms with Crippen molar-refractivity contribution < 1.29 is 19.7 Å². The first-order valence-electron chi connectivity index (χ1n) is 4.76. The molecule has 0 heterocycles. The molecule has 1 unspecified atom stereocenters. The number of ether oxygens (including phenoxy) is 2. The van der Waals surface area contributed by atoms with E-state index in [2.05, 4.69) is 0 Å². The van der Waals surface area contributed by atoms with Crippen molar-refractivity contribution in [1.29, 1.82) is 0 Å². The van der Waals surface area contributed by atoms with Gasteiger partial charge in [-0.3, -0.25) is 0 Å². The molecule has 0 aliphatic rings. The number of aliphatic hydroxyl groups excluding tert-OH is 2. The van der Waals surface area contributed by atoms with Gasteiger partial charge < -0.3 is 19.7 Å². The van der Waals surface area contributed by atoms with Gasteiger partial charge in [-0.05, 0) is 24.6 Å². The molecule has 0 fully saturated rings. The van der Waals surface area contributed by atoms with Crippen LogP contribution < -0.4 is 9.47 Å². The first kappa shape index (κ1) is 11.8. The zero-order chi connectivity index (χ0) is 11.3. The van der Waals surface area contributed by atoms with Crippen molar-refractivity contribution >= 4 is 0 Å². The first-order valence-corrected chi connectivity index (χ1v) is 4.76. The third kappa shape index (κ3) is 3.42. The standard InChI is InChI=1S/C11H16O4/c1-8(13)7-15-10-4-3-9(6-12)5-11(10)14-2/h3-5,8,12-13H,6-7H2,1-2H3. The van der Waals surface area contributed by atoms with Gasteiger partial charge in [0.05, 0.1) is 19.8 Å². The van der Waals surface area contributed by atoms with E-state index in [0.29, 0.717) is 11.5 Å². The molecule has 15 heavy (non-hydrogen) atoms. The molecular formula is C11H16O4. The minimum atomic E-state index is -0.521. The second-order valence-corrected chi connectivity index (χ2v) is 3.30. The largest absolute Gasteiger partial charge is 0.493 e. The Morgan fingerprint density at radius 2 is 2.07 bits per heavy atom. The molecular weight excluding hydrogens is 196 g/mol. The Balaban J connectivity index is 2.78. The smallest absolute Gasteiger partial charge is 0.161 e.